The molecule has 1 saturated heterocycles. The Bertz CT molecular complexity index is 438. The number of hydrogen-bond acceptors (Lipinski definition) is 4. The molecule has 1 fully saturated rings. The van der Waals surface area contributed by atoms with Crippen LogP contribution in [0.3, 0.4) is 0 Å². The number of nitrogens with one attached hydrogen (secondary N) is 2. The van der Waals surface area contributed by atoms with E-state index in [1.54, 1.807) is 12.4 Å². The molecule has 1 aliphatic rings. The van der Waals surface area contributed by atoms with E-state index in [-0.39, 0.29) is 18.5 Å². The molecule has 7 heteroatoms. The Morgan fingerprint density at radius 1 is 1.45 bits per heavy atom. The molecule has 1 aromatic rings. The van der Waals surface area contributed by atoms with E-state index < -0.39 is 5.97 Å². The highest BCUT2D eigenvalue weighted by Gasteiger charge is 2.21. The first-order chi connectivity index (χ1) is 9.63. The minimum atomic E-state index is -0.799. The van der Waals surface area contributed by atoms with Crippen LogP contribution in [0.1, 0.15) is 24.8 Å². The fourth-order valence-corrected chi connectivity index (χ4v) is 2.40. The Kier molecular flexibility index (Phi) is 5.11. The summed E-state index contributed by atoms with van der Waals surface area (Å²) in [7, 11) is 0. The highest BCUT2D eigenvalue weighted by atomic mass is 16.4. The van der Waals surface area contributed by atoms with Crippen LogP contribution in [0.4, 0.5) is 0 Å². The summed E-state index contributed by atoms with van der Waals surface area (Å²) >= 11 is 0. The van der Waals surface area contributed by atoms with Crippen LogP contribution < -0.4 is 5.32 Å². The third-order valence-electron chi connectivity index (χ3n) is 3.51. The van der Waals surface area contributed by atoms with Gasteiger partial charge in [-0.2, -0.15) is 5.10 Å². The molecule has 2 rings (SSSR count). The molecule has 0 radical (unpaired) electrons. The predicted molar refractivity (Wildman–Crippen MR) is 72.1 cm³/mol. The summed E-state index contributed by atoms with van der Waals surface area (Å²) in [6.07, 6.45) is 6.26. The summed E-state index contributed by atoms with van der Waals surface area (Å²) in [5, 5.41) is 18.3. The van der Waals surface area contributed by atoms with Crippen molar-refractivity contribution in [2.45, 2.75) is 31.7 Å². The number of H-pyrrole nitrogens is 1. The third kappa shape index (κ3) is 4.65. The highest BCUT2D eigenvalue weighted by molar-refractivity contribution is 5.76. The van der Waals surface area contributed by atoms with Gasteiger partial charge in [-0.1, -0.05) is 0 Å². The molecule has 110 valence electrons. The van der Waals surface area contributed by atoms with E-state index in [1.165, 1.54) is 0 Å². The summed E-state index contributed by atoms with van der Waals surface area (Å²) in [5.74, 6) is -0.754. The van der Waals surface area contributed by atoms with Crippen LogP contribution in [0.5, 0.6) is 0 Å². The van der Waals surface area contributed by atoms with Crippen molar-refractivity contribution in [3.63, 3.8) is 0 Å². The van der Waals surface area contributed by atoms with Crippen molar-refractivity contribution in [1.82, 2.24) is 20.4 Å². The minimum absolute atomic E-state index is 0.0443. The van der Waals surface area contributed by atoms with Gasteiger partial charge in [0.05, 0.1) is 12.7 Å². The average molecular weight is 280 g/mol. The quantitative estimate of drug-likeness (QED) is 0.681. The highest BCUT2D eigenvalue weighted by Crippen LogP contribution is 2.10. The molecule has 2 heterocycles. The average Bonchev–Trinajstić information content (AvgIpc) is 2.91. The summed E-state index contributed by atoms with van der Waals surface area (Å²) in [5.41, 5.74) is 1.02. The molecule has 0 saturated carbocycles. The number of likely N-dealkylation sites (tertiary alicyclic amines) is 1. The summed E-state index contributed by atoms with van der Waals surface area (Å²) in [6, 6.07) is 0.164. The molecule has 0 bridgehead atoms. The van der Waals surface area contributed by atoms with E-state index in [0.717, 1.165) is 31.5 Å². The lowest BCUT2D eigenvalue weighted by atomic mass is 10.0. The number of carbonyl (C=O) groups excluding carboxylic acids is 1. The van der Waals surface area contributed by atoms with Gasteiger partial charge in [-0.05, 0) is 24.8 Å². The lowest BCUT2D eigenvalue weighted by Gasteiger charge is -2.31. The minimum Gasteiger partial charge on any atom is -0.480 e. The monoisotopic (exact) mass is 280 g/mol. The number of piperidine rings is 1. The van der Waals surface area contributed by atoms with Gasteiger partial charge in [0.25, 0.3) is 0 Å². The van der Waals surface area contributed by atoms with Crippen LogP contribution in [0, 0.1) is 0 Å². The molecule has 20 heavy (non-hydrogen) atoms. The maximum atomic E-state index is 11.8. The van der Waals surface area contributed by atoms with Gasteiger partial charge in [0.15, 0.2) is 0 Å². The van der Waals surface area contributed by atoms with Gasteiger partial charge in [-0.3, -0.25) is 19.6 Å². The predicted octanol–water partition coefficient (Wildman–Crippen LogP) is 0.00750. The number of amides is 1. The first-order valence-corrected chi connectivity index (χ1v) is 6.84. The van der Waals surface area contributed by atoms with E-state index in [0.29, 0.717) is 12.8 Å². The molecule has 3 N–H and O–H groups in total. The molecule has 0 unspecified atom stereocenters. The molecule has 0 aliphatic carbocycles. The van der Waals surface area contributed by atoms with E-state index in [9.17, 15) is 9.59 Å². The van der Waals surface area contributed by atoms with Gasteiger partial charge < -0.3 is 10.4 Å². The zero-order chi connectivity index (χ0) is 14.4. The Hall–Kier alpha value is -1.89. The molecular formula is C13H20N4O3. The smallest absolute Gasteiger partial charge is 0.317 e. The molecule has 1 amide bonds. The number of carbonyl (C=O) groups is 2. The normalized spacial score (nSPS) is 17.0. The first-order valence-electron chi connectivity index (χ1n) is 6.84. The Balaban J connectivity index is 1.64. The van der Waals surface area contributed by atoms with E-state index in [1.807, 2.05) is 4.90 Å². The number of aromatic nitrogens is 2. The van der Waals surface area contributed by atoms with Crippen molar-refractivity contribution in [3.05, 3.63) is 18.0 Å². The second-order valence-electron chi connectivity index (χ2n) is 5.12. The van der Waals surface area contributed by atoms with Crippen molar-refractivity contribution in [1.29, 1.82) is 0 Å². The van der Waals surface area contributed by atoms with Gasteiger partial charge in [0.2, 0.25) is 5.91 Å². The SMILES string of the molecule is O=C(O)CN1CCC(NC(=O)CCc2cn[nH]c2)CC1. The largest absolute Gasteiger partial charge is 0.480 e. The zero-order valence-corrected chi connectivity index (χ0v) is 11.3. The molecule has 0 spiro atoms. The van der Waals surface area contributed by atoms with Crippen LogP contribution in [-0.2, 0) is 16.0 Å². The third-order valence-corrected chi connectivity index (χ3v) is 3.51. The molecule has 7 nitrogen and oxygen atoms in total. The second kappa shape index (κ2) is 7.04. The van der Waals surface area contributed by atoms with Gasteiger partial charge in [0.1, 0.15) is 0 Å². The van der Waals surface area contributed by atoms with Crippen LogP contribution >= 0.6 is 0 Å². The van der Waals surface area contributed by atoms with Gasteiger partial charge >= 0.3 is 5.97 Å². The Labute approximate surface area is 117 Å². The zero-order valence-electron chi connectivity index (χ0n) is 11.3. The first kappa shape index (κ1) is 14.5. The maximum absolute atomic E-state index is 11.8. The van der Waals surface area contributed by atoms with E-state index in [4.69, 9.17) is 5.11 Å². The van der Waals surface area contributed by atoms with Gasteiger partial charge in [-0.25, -0.2) is 0 Å². The van der Waals surface area contributed by atoms with Crippen molar-refractivity contribution in [2.75, 3.05) is 19.6 Å². The maximum Gasteiger partial charge on any atom is 0.317 e. The number of carboxylic acid groups (broad SMARTS) is 1. The summed E-state index contributed by atoms with van der Waals surface area (Å²) in [6.45, 7) is 1.53. The van der Waals surface area contributed by atoms with Crippen LogP contribution in [0.25, 0.3) is 0 Å². The van der Waals surface area contributed by atoms with Crippen LogP contribution in [0.15, 0.2) is 12.4 Å². The summed E-state index contributed by atoms with van der Waals surface area (Å²) < 4.78 is 0. The fraction of sp³-hybridized carbons (Fsp3) is 0.615. The molecular weight excluding hydrogens is 260 g/mol. The van der Waals surface area contributed by atoms with Crippen LogP contribution in [0.2, 0.25) is 0 Å². The summed E-state index contributed by atoms with van der Waals surface area (Å²) in [4.78, 5) is 24.3. The molecule has 0 atom stereocenters. The van der Waals surface area contributed by atoms with Crippen molar-refractivity contribution in [2.24, 2.45) is 0 Å². The van der Waals surface area contributed by atoms with Gasteiger partial charge in [0, 0.05) is 31.7 Å². The lowest BCUT2D eigenvalue weighted by molar-refractivity contribution is -0.138. The number of carboxylic acids is 1. The number of aliphatic carboxylic acids is 1. The molecule has 1 aliphatic heterocycles. The van der Waals surface area contributed by atoms with Gasteiger partial charge in [-0.15, -0.1) is 0 Å². The number of nitrogens with zero attached hydrogens (tertiary/aromatic N) is 2. The number of rotatable bonds is 6. The molecule has 0 aromatic carbocycles. The van der Waals surface area contributed by atoms with E-state index >= 15 is 0 Å². The lowest BCUT2D eigenvalue weighted by Crippen LogP contribution is -2.45. The fourth-order valence-electron chi connectivity index (χ4n) is 2.40. The molecule has 1 aromatic heterocycles. The Morgan fingerprint density at radius 2 is 2.20 bits per heavy atom. The second-order valence-corrected chi connectivity index (χ2v) is 5.12. The number of aromatic amines is 1. The van der Waals surface area contributed by atoms with Crippen molar-refractivity contribution >= 4 is 11.9 Å². The Morgan fingerprint density at radius 3 is 2.80 bits per heavy atom. The topological polar surface area (TPSA) is 98.3 Å². The van der Waals surface area contributed by atoms with Crippen molar-refractivity contribution < 1.29 is 14.7 Å². The number of hydrogen-bond donors (Lipinski definition) is 3. The standard InChI is InChI=1S/C13H20N4O3/c18-12(2-1-10-7-14-15-8-10)16-11-3-5-17(6-4-11)9-13(19)20/h7-8,11H,1-6,9H2,(H,14,15)(H,16,18)(H,19,20). The van der Waals surface area contributed by atoms with Crippen LogP contribution in [-0.4, -0.2) is 57.8 Å². The van der Waals surface area contributed by atoms with Crippen molar-refractivity contribution in [3.8, 4) is 0 Å². The number of aryl methyl sites for hydroxylation is 1. The van der Waals surface area contributed by atoms with E-state index in [2.05, 4.69) is 15.5 Å².